The Morgan fingerprint density at radius 3 is 2.78 bits per heavy atom. The van der Waals surface area contributed by atoms with Crippen LogP contribution in [0.4, 0.5) is 0 Å². The van der Waals surface area contributed by atoms with Crippen LogP contribution in [0.5, 0.6) is 0 Å². The predicted octanol–water partition coefficient (Wildman–Crippen LogP) is 3.82. The number of nitrogens with one attached hydrogen (secondary N) is 2. The van der Waals surface area contributed by atoms with Crippen LogP contribution in [0.3, 0.4) is 0 Å². The molecular weight excluding hydrogens is 328 g/mol. The molecule has 2 aromatic rings. The van der Waals surface area contributed by atoms with E-state index >= 15 is 0 Å². The minimum absolute atomic E-state index is 0.0575. The van der Waals surface area contributed by atoms with Crippen molar-refractivity contribution in [2.45, 2.75) is 37.3 Å². The number of amides is 1. The van der Waals surface area contributed by atoms with Crippen LogP contribution in [0.25, 0.3) is 10.1 Å². The molecule has 2 atom stereocenters. The van der Waals surface area contributed by atoms with E-state index in [9.17, 15) is 4.79 Å². The van der Waals surface area contributed by atoms with Gasteiger partial charge in [0.25, 0.3) is 5.91 Å². The van der Waals surface area contributed by atoms with Gasteiger partial charge in [-0.15, -0.1) is 11.3 Å². The van der Waals surface area contributed by atoms with Crippen molar-refractivity contribution in [3.8, 4) is 0 Å². The van der Waals surface area contributed by atoms with E-state index in [2.05, 4.69) is 10.6 Å². The van der Waals surface area contributed by atoms with Crippen molar-refractivity contribution in [2.75, 3.05) is 6.54 Å². The van der Waals surface area contributed by atoms with E-state index in [1.807, 2.05) is 24.3 Å². The Labute approximate surface area is 144 Å². The number of hydrogen-bond donors (Lipinski definition) is 2. The van der Waals surface area contributed by atoms with Crippen molar-refractivity contribution in [2.24, 2.45) is 11.8 Å². The zero-order chi connectivity index (χ0) is 15.6. The Balaban J connectivity index is 1.42. The molecule has 1 saturated heterocycles. The average Bonchev–Trinajstić information content (AvgIpc) is 3.24. The molecule has 6 rings (SSSR count). The van der Waals surface area contributed by atoms with Gasteiger partial charge in [0.2, 0.25) is 0 Å². The summed E-state index contributed by atoms with van der Waals surface area (Å²) in [5.41, 5.74) is 0.945. The molecule has 23 heavy (non-hydrogen) atoms. The standard InChI is InChI=1S/C18H19ClN2OS/c19-15-8-11-1-2-12(7-14(11)23-15)17(22)21-16-10-3-5-13(6-4-10)18(16)9-20-18/h1-2,7-8,10,13,16,20H,3-6,9H2,(H,21,22)/t10?,13?,16?,18-/m0/s1. The monoisotopic (exact) mass is 346 g/mol. The van der Waals surface area contributed by atoms with Crippen molar-refractivity contribution >= 4 is 38.9 Å². The molecule has 3 aliphatic carbocycles. The van der Waals surface area contributed by atoms with Crippen LogP contribution < -0.4 is 10.6 Å². The van der Waals surface area contributed by atoms with E-state index in [1.165, 1.54) is 37.0 Å². The summed E-state index contributed by atoms with van der Waals surface area (Å²) >= 11 is 7.60. The number of rotatable bonds is 2. The van der Waals surface area contributed by atoms with Gasteiger partial charge in [-0.1, -0.05) is 17.7 Å². The van der Waals surface area contributed by atoms with Gasteiger partial charge in [-0.3, -0.25) is 4.79 Å². The van der Waals surface area contributed by atoms with E-state index in [1.54, 1.807) is 0 Å². The van der Waals surface area contributed by atoms with Gasteiger partial charge in [0.1, 0.15) is 0 Å². The summed E-state index contributed by atoms with van der Waals surface area (Å²) in [5.74, 6) is 1.44. The largest absolute Gasteiger partial charge is 0.347 e. The molecule has 4 fully saturated rings. The molecule has 1 amide bonds. The zero-order valence-electron chi connectivity index (χ0n) is 12.8. The van der Waals surface area contributed by atoms with E-state index in [4.69, 9.17) is 11.6 Å². The summed E-state index contributed by atoms with van der Waals surface area (Å²) in [4.78, 5) is 12.8. The van der Waals surface area contributed by atoms with Gasteiger partial charge in [0.15, 0.2) is 0 Å². The zero-order valence-corrected chi connectivity index (χ0v) is 14.3. The topological polar surface area (TPSA) is 51.0 Å². The fraction of sp³-hybridized carbons (Fsp3) is 0.500. The number of benzene rings is 1. The first-order valence-corrected chi connectivity index (χ1v) is 9.60. The van der Waals surface area contributed by atoms with Crippen molar-refractivity contribution in [1.82, 2.24) is 10.6 Å². The smallest absolute Gasteiger partial charge is 0.251 e. The number of halogens is 1. The SMILES string of the molecule is O=C(NC1C2CCC(CC2)[C@@]12CN2)c1ccc2cc(Cl)sc2c1. The van der Waals surface area contributed by atoms with Gasteiger partial charge in [-0.05, 0) is 61.1 Å². The minimum atomic E-state index is 0.0575. The van der Waals surface area contributed by atoms with E-state index in [0.717, 1.165) is 32.4 Å². The predicted molar refractivity (Wildman–Crippen MR) is 94.3 cm³/mol. The molecule has 5 heteroatoms. The lowest BCUT2D eigenvalue weighted by Crippen LogP contribution is -2.60. The normalized spacial score (nSPS) is 34.9. The number of hydrogen-bond acceptors (Lipinski definition) is 3. The minimum Gasteiger partial charge on any atom is -0.347 e. The Bertz CT molecular complexity index is 789. The van der Waals surface area contributed by atoms with Crippen LogP contribution in [0, 0.1) is 11.8 Å². The summed E-state index contributed by atoms with van der Waals surface area (Å²) in [5, 5.41) is 8.06. The maximum absolute atomic E-state index is 12.8. The fourth-order valence-electron chi connectivity index (χ4n) is 4.86. The molecule has 3 nitrogen and oxygen atoms in total. The van der Waals surface area contributed by atoms with Crippen LogP contribution in [0.2, 0.25) is 4.34 Å². The van der Waals surface area contributed by atoms with Crippen LogP contribution in [0.1, 0.15) is 36.0 Å². The molecule has 120 valence electrons. The van der Waals surface area contributed by atoms with Gasteiger partial charge in [0.05, 0.1) is 15.9 Å². The van der Waals surface area contributed by atoms with E-state index in [0.29, 0.717) is 12.0 Å². The Morgan fingerprint density at radius 1 is 1.26 bits per heavy atom. The highest BCUT2D eigenvalue weighted by molar-refractivity contribution is 7.22. The van der Waals surface area contributed by atoms with Crippen molar-refractivity contribution in [3.05, 3.63) is 34.2 Å². The number of thiophene rings is 1. The highest BCUT2D eigenvalue weighted by atomic mass is 35.5. The van der Waals surface area contributed by atoms with Gasteiger partial charge >= 0.3 is 0 Å². The lowest BCUT2D eigenvalue weighted by Gasteiger charge is -2.48. The molecule has 1 unspecified atom stereocenters. The van der Waals surface area contributed by atoms with Gasteiger partial charge in [-0.25, -0.2) is 0 Å². The summed E-state index contributed by atoms with van der Waals surface area (Å²) < 4.78 is 1.84. The lowest BCUT2D eigenvalue weighted by molar-refractivity contribution is 0.0634. The summed E-state index contributed by atoms with van der Waals surface area (Å²) in [6.07, 6.45) is 5.17. The Morgan fingerprint density at radius 2 is 2.04 bits per heavy atom. The molecular formula is C18H19ClN2OS. The third-order valence-electron chi connectivity index (χ3n) is 6.15. The first kappa shape index (κ1) is 14.3. The summed E-state index contributed by atoms with van der Waals surface area (Å²) in [6, 6.07) is 8.12. The number of carbonyl (C=O) groups excluding carboxylic acids is 1. The molecule has 2 N–H and O–H groups in total. The van der Waals surface area contributed by atoms with Gasteiger partial charge in [-0.2, -0.15) is 0 Å². The van der Waals surface area contributed by atoms with Crippen molar-refractivity contribution in [3.63, 3.8) is 0 Å². The lowest BCUT2D eigenvalue weighted by atomic mass is 9.61. The highest BCUT2D eigenvalue weighted by Crippen LogP contribution is 2.51. The van der Waals surface area contributed by atoms with Crippen molar-refractivity contribution < 1.29 is 4.79 Å². The highest BCUT2D eigenvalue weighted by Gasteiger charge is 2.61. The molecule has 0 radical (unpaired) electrons. The number of fused-ring (bicyclic) bond motifs is 3. The first-order chi connectivity index (χ1) is 11.2. The first-order valence-electron chi connectivity index (χ1n) is 8.41. The Kier molecular flexibility index (Phi) is 3.07. The van der Waals surface area contributed by atoms with Gasteiger partial charge in [0, 0.05) is 16.8 Å². The van der Waals surface area contributed by atoms with Gasteiger partial charge < -0.3 is 10.6 Å². The maximum Gasteiger partial charge on any atom is 0.251 e. The number of carbonyl (C=O) groups is 1. The third-order valence-corrected chi connectivity index (χ3v) is 7.38. The molecule has 3 saturated carbocycles. The molecule has 1 aromatic carbocycles. The molecule has 2 bridgehead atoms. The van der Waals surface area contributed by atoms with Crippen LogP contribution in [0.15, 0.2) is 24.3 Å². The second-order valence-electron chi connectivity index (χ2n) is 7.26. The molecule has 4 aliphatic rings. The van der Waals surface area contributed by atoms with Crippen molar-refractivity contribution in [1.29, 1.82) is 0 Å². The quantitative estimate of drug-likeness (QED) is 0.812. The van der Waals surface area contributed by atoms with Crippen LogP contribution >= 0.6 is 22.9 Å². The second kappa shape index (κ2) is 4.95. The Hall–Kier alpha value is -1.10. The average molecular weight is 347 g/mol. The molecule has 1 aliphatic heterocycles. The summed E-state index contributed by atoms with van der Waals surface area (Å²) in [6.45, 7) is 1.07. The fourth-order valence-corrected chi connectivity index (χ4v) is 6.06. The molecule has 1 aromatic heterocycles. The van der Waals surface area contributed by atoms with E-state index < -0.39 is 0 Å². The van der Waals surface area contributed by atoms with E-state index in [-0.39, 0.29) is 11.4 Å². The molecule has 2 heterocycles. The van der Waals surface area contributed by atoms with Crippen LogP contribution in [-0.4, -0.2) is 24.0 Å². The third kappa shape index (κ3) is 2.15. The second-order valence-corrected chi connectivity index (χ2v) is 8.97. The summed E-state index contributed by atoms with van der Waals surface area (Å²) in [7, 11) is 0. The maximum atomic E-state index is 12.8. The molecule has 1 spiro atoms. The van der Waals surface area contributed by atoms with Crippen LogP contribution in [-0.2, 0) is 0 Å².